The van der Waals surface area contributed by atoms with Crippen LogP contribution in [0.1, 0.15) is 13.8 Å². The van der Waals surface area contributed by atoms with Gasteiger partial charge < -0.3 is 5.11 Å². The highest BCUT2D eigenvalue weighted by molar-refractivity contribution is 8.01. The Morgan fingerprint density at radius 2 is 2.12 bits per heavy atom. The van der Waals surface area contributed by atoms with Gasteiger partial charge in [-0.05, 0) is 12.1 Å². The van der Waals surface area contributed by atoms with Gasteiger partial charge >= 0.3 is 5.97 Å². The van der Waals surface area contributed by atoms with Gasteiger partial charge in [0, 0.05) is 5.25 Å². The van der Waals surface area contributed by atoms with Crippen LogP contribution in [-0.2, 0) is 4.79 Å². The number of carboxylic acids is 1. The first-order valence-electron chi connectivity index (χ1n) is 5.33. The predicted octanol–water partition coefficient (Wildman–Crippen LogP) is 3.50. The maximum atomic E-state index is 10.9. The number of hydrogen-bond donors (Lipinski definition) is 1. The van der Waals surface area contributed by atoms with Crippen molar-refractivity contribution in [3.05, 3.63) is 24.3 Å². The summed E-state index contributed by atoms with van der Waals surface area (Å²) in [5.41, 5.74) is 0.982. The third-order valence-corrected chi connectivity index (χ3v) is 5.10. The molecule has 0 aliphatic carbocycles. The maximum absolute atomic E-state index is 10.9. The molecule has 0 spiro atoms. The summed E-state index contributed by atoms with van der Waals surface area (Å²) in [4.78, 5) is 15.4. The molecule has 2 atom stereocenters. The van der Waals surface area contributed by atoms with E-state index in [1.54, 1.807) is 18.3 Å². The fraction of sp³-hybridized carbons (Fsp3) is 0.333. The number of para-hydroxylation sites is 1. The topological polar surface area (TPSA) is 50.2 Å². The molecule has 0 radical (unpaired) electrons. The van der Waals surface area contributed by atoms with Crippen molar-refractivity contribution in [1.29, 1.82) is 0 Å². The minimum atomic E-state index is -0.758. The van der Waals surface area contributed by atoms with Crippen molar-refractivity contribution in [3.63, 3.8) is 0 Å². The highest BCUT2D eigenvalue weighted by Gasteiger charge is 2.21. The second-order valence-electron chi connectivity index (χ2n) is 3.90. The fourth-order valence-electron chi connectivity index (χ4n) is 1.36. The molecular formula is C12H13NO2S2. The first-order chi connectivity index (χ1) is 8.08. The molecule has 3 nitrogen and oxygen atoms in total. The molecule has 0 aliphatic rings. The number of aromatic nitrogens is 1. The standard InChI is InChI=1S/C12H13NO2S2/c1-7(11(14)15)8(2)16-12-13-9-5-3-4-6-10(9)17-12/h3-8H,1-2H3,(H,14,15). The summed E-state index contributed by atoms with van der Waals surface area (Å²) in [6.07, 6.45) is 0. The van der Waals surface area contributed by atoms with E-state index in [4.69, 9.17) is 5.11 Å². The number of benzene rings is 1. The Bertz CT molecular complexity index is 505. The third kappa shape index (κ3) is 2.79. The number of carboxylic acid groups (broad SMARTS) is 1. The van der Waals surface area contributed by atoms with Gasteiger partial charge in [0.15, 0.2) is 4.34 Å². The smallest absolute Gasteiger partial charge is 0.307 e. The minimum absolute atomic E-state index is 0.0214. The van der Waals surface area contributed by atoms with Crippen molar-refractivity contribution in [2.24, 2.45) is 5.92 Å². The average molecular weight is 267 g/mol. The number of hydrogen-bond acceptors (Lipinski definition) is 4. The predicted molar refractivity (Wildman–Crippen MR) is 71.7 cm³/mol. The van der Waals surface area contributed by atoms with Crippen molar-refractivity contribution >= 4 is 39.3 Å². The van der Waals surface area contributed by atoms with E-state index in [9.17, 15) is 4.79 Å². The molecule has 1 heterocycles. The minimum Gasteiger partial charge on any atom is -0.481 e. The maximum Gasteiger partial charge on any atom is 0.307 e. The molecule has 2 unspecified atom stereocenters. The van der Waals surface area contributed by atoms with Crippen LogP contribution >= 0.6 is 23.1 Å². The van der Waals surface area contributed by atoms with E-state index < -0.39 is 5.97 Å². The lowest BCUT2D eigenvalue weighted by Crippen LogP contribution is -2.19. The molecular weight excluding hydrogens is 254 g/mol. The largest absolute Gasteiger partial charge is 0.481 e. The van der Waals surface area contributed by atoms with Crippen LogP contribution < -0.4 is 0 Å². The SMILES string of the molecule is CC(Sc1nc2ccccc2s1)C(C)C(=O)O. The van der Waals surface area contributed by atoms with Crippen molar-refractivity contribution in [3.8, 4) is 0 Å². The Kier molecular flexibility index (Phi) is 3.69. The Hall–Kier alpha value is -1.07. The van der Waals surface area contributed by atoms with Crippen molar-refractivity contribution in [2.45, 2.75) is 23.4 Å². The summed E-state index contributed by atoms with van der Waals surface area (Å²) in [6, 6.07) is 7.95. The number of rotatable bonds is 4. The van der Waals surface area contributed by atoms with Gasteiger partial charge in [0.25, 0.3) is 0 Å². The molecule has 1 aromatic heterocycles. The lowest BCUT2D eigenvalue weighted by Gasteiger charge is -2.13. The van der Waals surface area contributed by atoms with Crippen molar-refractivity contribution in [1.82, 2.24) is 4.98 Å². The molecule has 0 bridgehead atoms. The number of thioether (sulfide) groups is 1. The van der Waals surface area contributed by atoms with Gasteiger partial charge in [-0.2, -0.15) is 0 Å². The van der Waals surface area contributed by atoms with Gasteiger partial charge in [-0.3, -0.25) is 4.79 Å². The second-order valence-corrected chi connectivity index (χ2v) is 6.55. The summed E-state index contributed by atoms with van der Waals surface area (Å²) in [7, 11) is 0. The molecule has 2 rings (SSSR count). The summed E-state index contributed by atoms with van der Waals surface area (Å²) in [6.45, 7) is 3.66. The van der Waals surface area contributed by atoms with E-state index in [0.717, 1.165) is 14.6 Å². The quantitative estimate of drug-likeness (QED) is 0.861. The van der Waals surface area contributed by atoms with Gasteiger partial charge in [-0.1, -0.05) is 37.7 Å². The lowest BCUT2D eigenvalue weighted by molar-refractivity contribution is -0.140. The van der Waals surface area contributed by atoms with Crippen LogP contribution in [0.5, 0.6) is 0 Å². The number of fused-ring (bicyclic) bond motifs is 1. The number of nitrogens with zero attached hydrogens (tertiary/aromatic N) is 1. The van der Waals surface area contributed by atoms with Crippen LogP contribution in [0, 0.1) is 5.92 Å². The van der Waals surface area contributed by atoms with E-state index in [1.165, 1.54) is 11.8 Å². The Morgan fingerprint density at radius 3 is 2.76 bits per heavy atom. The molecule has 1 N–H and O–H groups in total. The molecule has 2 aromatic rings. The van der Waals surface area contributed by atoms with Crippen molar-refractivity contribution < 1.29 is 9.90 Å². The molecule has 0 amide bonds. The molecule has 0 saturated heterocycles. The molecule has 0 fully saturated rings. The van der Waals surface area contributed by atoms with E-state index in [-0.39, 0.29) is 11.2 Å². The Labute approximate surface area is 108 Å². The molecule has 0 aliphatic heterocycles. The van der Waals surface area contributed by atoms with E-state index in [0.29, 0.717) is 0 Å². The molecule has 0 saturated carbocycles. The third-order valence-electron chi connectivity index (χ3n) is 2.65. The highest BCUT2D eigenvalue weighted by Crippen LogP contribution is 2.34. The van der Waals surface area contributed by atoms with Gasteiger partial charge in [0.1, 0.15) is 0 Å². The first-order valence-corrected chi connectivity index (χ1v) is 7.02. The zero-order valence-electron chi connectivity index (χ0n) is 9.58. The Morgan fingerprint density at radius 1 is 1.41 bits per heavy atom. The molecule has 1 aromatic carbocycles. The summed E-state index contributed by atoms with van der Waals surface area (Å²) in [5.74, 6) is -1.13. The van der Waals surface area contributed by atoms with E-state index >= 15 is 0 Å². The highest BCUT2D eigenvalue weighted by atomic mass is 32.2. The Balaban J connectivity index is 2.15. The lowest BCUT2D eigenvalue weighted by atomic mass is 10.1. The van der Waals surface area contributed by atoms with Crippen LogP contribution in [0.3, 0.4) is 0 Å². The van der Waals surface area contributed by atoms with E-state index in [1.807, 2.05) is 31.2 Å². The molecule has 5 heteroatoms. The average Bonchev–Trinajstić information content (AvgIpc) is 2.69. The zero-order chi connectivity index (χ0) is 12.4. The van der Waals surface area contributed by atoms with E-state index in [2.05, 4.69) is 4.98 Å². The number of thiazole rings is 1. The van der Waals surface area contributed by atoms with Gasteiger partial charge in [-0.15, -0.1) is 11.3 Å². The zero-order valence-corrected chi connectivity index (χ0v) is 11.2. The first kappa shape index (κ1) is 12.4. The fourth-order valence-corrected chi connectivity index (χ4v) is 3.77. The van der Waals surface area contributed by atoms with Gasteiger partial charge in [-0.25, -0.2) is 4.98 Å². The summed E-state index contributed by atoms with van der Waals surface area (Å²) in [5, 5.41) is 8.96. The van der Waals surface area contributed by atoms with Crippen LogP contribution in [0.4, 0.5) is 0 Å². The molecule has 90 valence electrons. The van der Waals surface area contributed by atoms with Crippen LogP contribution in [0.25, 0.3) is 10.2 Å². The normalized spacial score (nSPS) is 14.7. The molecule has 17 heavy (non-hydrogen) atoms. The summed E-state index contributed by atoms with van der Waals surface area (Å²) >= 11 is 3.15. The van der Waals surface area contributed by atoms with Gasteiger partial charge in [0.2, 0.25) is 0 Å². The number of carbonyl (C=O) groups is 1. The summed E-state index contributed by atoms with van der Waals surface area (Å²) < 4.78 is 2.08. The second kappa shape index (κ2) is 5.06. The van der Waals surface area contributed by atoms with Crippen LogP contribution in [0.15, 0.2) is 28.6 Å². The van der Waals surface area contributed by atoms with Crippen LogP contribution in [0.2, 0.25) is 0 Å². The van der Waals surface area contributed by atoms with Crippen LogP contribution in [-0.4, -0.2) is 21.3 Å². The van der Waals surface area contributed by atoms with Crippen molar-refractivity contribution in [2.75, 3.05) is 0 Å². The van der Waals surface area contributed by atoms with Gasteiger partial charge in [0.05, 0.1) is 16.1 Å². The number of aliphatic carboxylic acids is 1. The monoisotopic (exact) mass is 267 g/mol.